The van der Waals surface area contributed by atoms with Crippen LogP contribution in [0.4, 0.5) is 10.5 Å². The summed E-state index contributed by atoms with van der Waals surface area (Å²) in [6.45, 7) is 5.00. The Labute approximate surface area is 140 Å². The third-order valence-corrected chi connectivity index (χ3v) is 4.12. The second-order valence-electron chi connectivity index (χ2n) is 5.90. The van der Waals surface area contributed by atoms with Gasteiger partial charge in [-0.05, 0) is 44.2 Å². The van der Waals surface area contributed by atoms with Gasteiger partial charge in [-0.3, -0.25) is 4.98 Å². The van der Waals surface area contributed by atoms with Gasteiger partial charge in [0.05, 0.1) is 11.9 Å². The molecule has 1 aliphatic heterocycles. The van der Waals surface area contributed by atoms with Crippen LogP contribution in [-0.4, -0.2) is 34.4 Å². The van der Waals surface area contributed by atoms with Crippen LogP contribution in [0, 0.1) is 19.8 Å². The molecule has 0 bridgehead atoms. The van der Waals surface area contributed by atoms with Crippen LogP contribution in [0.3, 0.4) is 0 Å². The van der Waals surface area contributed by atoms with Gasteiger partial charge in [0.2, 0.25) is 5.89 Å². The number of aryl methyl sites for hydroxylation is 2. The van der Waals surface area contributed by atoms with Crippen molar-refractivity contribution in [2.45, 2.75) is 32.7 Å². The standard InChI is InChI=1S/C16H21N5O3/c1-10-3-6-17-9-13(10)19-16(22)20-14(12-4-7-23-8-5-12)15-18-11(2)21-24-15/h3,6,9,12,14H,4-5,7-8H2,1-2H3,(H2,19,20,22)/t14-/m0/s1. The third kappa shape index (κ3) is 3.88. The number of hydrogen-bond acceptors (Lipinski definition) is 6. The Hall–Kier alpha value is -2.48. The predicted molar refractivity (Wildman–Crippen MR) is 86.4 cm³/mol. The molecule has 24 heavy (non-hydrogen) atoms. The lowest BCUT2D eigenvalue weighted by Gasteiger charge is -2.28. The van der Waals surface area contributed by atoms with Gasteiger partial charge in [0, 0.05) is 19.4 Å². The Kier molecular flexibility index (Phi) is 5.05. The second kappa shape index (κ2) is 7.39. The molecule has 2 N–H and O–H groups in total. The van der Waals surface area contributed by atoms with Crippen molar-refractivity contribution in [1.29, 1.82) is 0 Å². The van der Waals surface area contributed by atoms with E-state index in [1.165, 1.54) is 0 Å². The van der Waals surface area contributed by atoms with E-state index in [0.717, 1.165) is 18.4 Å². The largest absolute Gasteiger partial charge is 0.381 e. The quantitative estimate of drug-likeness (QED) is 0.892. The predicted octanol–water partition coefficient (Wildman–Crippen LogP) is 2.37. The van der Waals surface area contributed by atoms with Crippen LogP contribution in [0.2, 0.25) is 0 Å². The molecule has 2 amide bonds. The van der Waals surface area contributed by atoms with Crippen molar-refractivity contribution >= 4 is 11.7 Å². The number of amides is 2. The first kappa shape index (κ1) is 16.4. The molecule has 1 saturated heterocycles. The molecule has 2 aromatic rings. The number of hydrogen-bond donors (Lipinski definition) is 2. The summed E-state index contributed by atoms with van der Waals surface area (Å²) in [5.74, 6) is 1.17. The van der Waals surface area contributed by atoms with E-state index in [-0.39, 0.29) is 18.0 Å². The van der Waals surface area contributed by atoms with Crippen molar-refractivity contribution in [2.75, 3.05) is 18.5 Å². The summed E-state index contributed by atoms with van der Waals surface area (Å²) in [4.78, 5) is 20.7. The lowest BCUT2D eigenvalue weighted by molar-refractivity contribution is 0.0506. The average Bonchev–Trinajstić information content (AvgIpc) is 3.02. The number of aromatic nitrogens is 3. The molecule has 0 radical (unpaired) electrons. The van der Waals surface area contributed by atoms with Crippen molar-refractivity contribution < 1.29 is 14.1 Å². The smallest absolute Gasteiger partial charge is 0.319 e. The van der Waals surface area contributed by atoms with Gasteiger partial charge in [-0.1, -0.05) is 5.16 Å². The number of urea groups is 1. The molecule has 0 saturated carbocycles. The lowest BCUT2D eigenvalue weighted by Crippen LogP contribution is -2.38. The number of nitrogens with zero attached hydrogens (tertiary/aromatic N) is 3. The first-order valence-electron chi connectivity index (χ1n) is 7.99. The number of carbonyl (C=O) groups excluding carboxylic acids is 1. The molecule has 8 heteroatoms. The fourth-order valence-corrected chi connectivity index (χ4v) is 2.76. The number of nitrogens with one attached hydrogen (secondary N) is 2. The van der Waals surface area contributed by atoms with E-state index in [2.05, 4.69) is 25.8 Å². The van der Waals surface area contributed by atoms with Gasteiger partial charge >= 0.3 is 6.03 Å². The van der Waals surface area contributed by atoms with Gasteiger partial charge < -0.3 is 19.9 Å². The minimum atomic E-state index is -0.341. The summed E-state index contributed by atoms with van der Waals surface area (Å²) >= 11 is 0. The Balaban J connectivity index is 1.73. The minimum absolute atomic E-state index is 0.194. The highest BCUT2D eigenvalue weighted by molar-refractivity contribution is 5.90. The van der Waals surface area contributed by atoms with E-state index in [1.807, 2.05) is 13.0 Å². The topological polar surface area (TPSA) is 102 Å². The number of pyridine rings is 1. The second-order valence-corrected chi connectivity index (χ2v) is 5.90. The van der Waals surface area contributed by atoms with E-state index in [0.29, 0.717) is 30.6 Å². The number of anilines is 1. The summed E-state index contributed by atoms with van der Waals surface area (Å²) in [6.07, 6.45) is 4.97. The van der Waals surface area contributed by atoms with Crippen LogP contribution in [0.25, 0.3) is 0 Å². The van der Waals surface area contributed by atoms with Crippen molar-refractivity contribution in [3.8, 4) is 0 Å². The van der Waals surface area contributed by atoms with E-state index < -0.39 is 0 Å². The Bertz CT molecular complexity index is 697. The minimum Gasteiger partial charge on any atom is -0.381 e. The molecule has 3 rings (SSSR count). The maximum atomic E-state index is 12.4. The summed E-state index contributed by atoms with van der Waals surface area (Å²) in [5, 5.41) is 9.62. The molecular weight excluding hydrogens is 310 g/mol. The average molecular weight is 331 g/mol. The number of rotatable bonds is 4. The molecule has 3 heterocycles. The normalized spacial score (nSPS) is 16.6. The molecule has 0 unspecified atom stereocenters. The van der Waals surface area contributed by atoms with Gasteiger partial charge in [-0.25, -0.2) is 4.79 Å². The maximum absolute atomic E-state index is 12.4. The lowest BCUT2D eigenvalue weighted by atomic mass is 9.91. The number of ether oxygens (including phenoxy) is 1. The third-order valence-electron chi connectivity index (χ3n) is 4.12. The van der Waals surface area contributed by atoms with Crippen LogP contribution in [0.5, 0.6) is 0 Å². The van der Waals surface area contributed by atoms with Gasteiger partial charge in [0.25, 0.3) is 0 Å². The van der Waals surface area contributed by atoms with Crippen molar-refractivity contribution in [3.63, 3.8) is 0 Å². The van der Waals surface area contributed by atoms with Gasteiger partial charge in [-0.15, -0.1) is 0 Å². The van der Waals surface area contributed by atoms with Crippen molar-refractivity contribution in [1.82, 2.24) is 20.4 Å². The highest BCUT2D eigenvalue weighted by Gasteiger charge is 2.31. The van der Waals surface area contributed by atoms with E-state index in [1.54, 1.807) is 19.3 Å². The molecule has 0 aromatic carbocycles. The SMILES string of the molecule is Cc1noc([C@@H](NC(=O)Nc2cnccc2C)C2CCOCC2)n1. The van der Waals surface area contributed by atoms with Crippen molar-refractivity contribution in [2.24, 2.45) is 5.92 Å². The molecule has 0 spiro atoms. The zero-order valence-electron chi connectivity index (χ0n) is 13.8. The van der Waals surface area contributed by atoms with Gasteiger partial charge in [0.15, 0.2) is 5.82 Å². The molecular formula is C16H21N5O3. The zero-order chi connectivity index (χ0) is 16.9. The van der Waals surface area contributed by atoms with Gasteiger partial charge in [-0.2, -0.15) is 4.98 Å². The molecule has 0 aliphatic carbocycles. The maximum Gasteiger partial charge on any atom is 0.319 e. The first-order valence-corrected chi connectivity index (χ1v) is 7.99. The molecule has 1 aliphatic rings. The van der Waals surface area contributed by atoms with Crippen LogP contribution in [0.15, 0.2) is 23.0 Å². The molecule has 8 nitrogen and oxygen atoms in total. The van der Waals surface area contributed by atoms with Crippen LogP contribution in [0.1, 0.15) is 36.2 Å². The van der Waals surface area contributed by atoms with Crippen molar-refractivity contribution in [3.05, 3.63) is 35.7 Å². The summed E-state index contributed by atoms with van der Waals surface area (Å²) < 4.78 is 10.7. The zero-order valence-corrected chi connectivity index (χ0v) is 13.8. The van der Waals surface area contributed by atoms with Crippen LogP contribution >= 0.6 is 0 Å². The van der Waals surface area contributed by atoms with E-state index in [4.69, 9.17) is 9.26 Å². The monoisotopic (exact) mass is 331 g/mol. The Morgan fingerprint density at radius 1 is 1.33 bits per heavy atom. The highest BCUT2D eigenvalue weighted by Crippen LogP contribution is 2.29. The Morgan fingerprint density at radius 3 is 2.79 bits per heavy atom. The van der Waals surface area contributed by atoms with Gasteiger partial charge in [0.1, 0.15) is 6.04 Å². The number of carbonyl (C=O) groups is 1. The van der Waals surface area contributed by atoms with E-state index in [9.17, 15) is 4.79 Å². The molecule has 1 fully saturated rings. The fourth-order valence-electron chi connectivity index (χ4n) is 2.76. The Morgan fingerprint density at radius 2 is 2.12 bits per heavy atom. The molecule has 128 valence electrons. The summed E-state index contributed by atoms with van der Waals surface area (Å²) in [7, 11) is 0. The van der Waals surface area contributed by atoms with Crippen LogP contribution in [-0.2, 0) is 4.74 Å². The molecule has 1 atom stereocenters. The molecule has 2 aromatic heterocycles. The van der Waals surface area contributed by atoms with Crippen LogP contribution < -0.4 is 10.6 Å². The highest BCUT2D eigenvalue weighted by atomic mass is 16.5. The fraction of sp³-hybridized carbons (Fsp3) is 0.500. The summed E-state index contributed by atoms with van der Waals surface area (Å²) in [6, 6.07) is 1.18. The summed E-state index contributed by atoms with van der Waals surface area (Å²) in [5.41, 5.74) is 1.61. The first-order chi connectivity index (χ1) is 11.6. The van der Waals surface area contributed by atoms with E-state index >= 15 is 0 Å².